The molecule has 1 fully saturated rings. The van der Waals surface area contributed by atoms with Crippen LogP contribution in [0, 0.1) is 0 Å². The fourth-order valence-corrected chi connectivity index (χ4v) is 2.58. The van der Waals surface area contributed by atoms with Crippen LogP contribution in [0.5, 0.6) is 0 Å². The summed E-state index contributed by atoms with van der Waals surface area (Å²) in [7, 11) is 1.65. The molecule has 6 nitrogen and oxygen atoms in total. The van der Waals surface area contributed by atoms with Gasteiger partial charge < -0.3 is 20.1 Å². The van der Waals surface area contributed by atoms with E-state index >= 15 is 0 Å². The largest absolute Gasteiger partial charge is 0.383 e. The predicted octanol–water partition coefficient (Wildman–Crippen LogP) is 0.412. The molecule has 2 N–H and O–H groups in total. The molecule has 0 radical (unpaired) electrons. The van der Waals surface area contributed by atoms with Crippen LogP contribution in [0.3, 0.4) is 0 Å². The molecule has 0 bridgehead atoms. The van der Waals surface area contributed by atoms with Gasteiger partial charge >= 0.3 is 0 Å². The fourth-order valence-electron chi connectivity index (χ4n) is 2.58. The minimum Gasteiger partial charge on any atom is -0.383 e. The highest BCUT2D eigenvalue weighted by Gasteiger charge is 2.19. The summed E-state index contributed by atoms with van der Waals surface area (Å²) in [6.45, 7) is 5.71. The molecule has 0 saturated carbocycles. The van der Waals surface area contributed by atoms with Crippen LogP contribution in [0.1, 0.15) is 11.6 Å². The van der Waals surface area contributed by atoms with Crippen LogP contribution in [0.25, 0.3) is 0 Å². The molecule has 1 heterocycles. The van der Waals surface area contributed by atoms with Crippen LogP contribution < -0.4 is 10.6 Å². The second-order valence-corrected chi connectivity index (χ2v) is 5.61. The lowest BCUT2D eigenvalue weighted by atomic mass is 10.1. The van der Waals surface area contributed by atoms with Crippen molar-refractivity contribution in [3.8, 4) is 0 Å². The third kappa shape index (κ3) is 6.66. The molecule has 1 atom stereocenters. The van der Waals surface area contributed by atoms with Crippen molar-refractivity contribution < 1.29 is 14.3 Å². The van der Waals surface area contributed by atoms with Gasteiger partial charge in [0.05, 0.1) is 32.4 Å². The minimum absolute atomic E-state index is 0.00298. The van der Waals surface area contributed by atoms with E-state index in [1.54, 1.807) is 7.11 Å². The number of ether oxygens (including phenoxy) is 2. The van der Waals surface area contributed by atoms with Gasteiger partial charge in [0.25, 0.3) is 0 Å². The normalized spacial score (nSPS) is 16.9. The van der Waals surface area contributed by atoms with Gasteiger partial charge in [0.2, 0.25) is 5.91 Å². The Morgan fingerprint density at radius 3 is 2.74 bits per heavy atom. The van der Waals surface area contributed by atoms with Gasteiger partial charge in [-0.05, 0) is 5.56 Å². The average Bonchev–Trinajstić information content (AvgIpc) is 2.60. The maximum absolute atomic E-state index is 12.2. The lowest BCUT2D eigenvalue weighted by molar-refractivity contribution is -0.121. The number of morpholine rings is 1. The van der Waals surface area contributed by atoms with Crippen LogP contribution >= 0.6 is 0 Å². The second kappa shape index (κ2) is 10.3. The van der Waals surface area contributed by atoms with Crippen LogP contribution in [0.2, 0.25) is 0 Å². The molecule has 0 spiro atoms. The third-order valence-corrected chi connectivity index (χ3v) is 3.85. The van der Waals surface area contributed by atoms with Gasteiger partial charge in [-0.15, -0.1) is 0 Å². The molecule has 1 aliphatic rings. The van der Waals surface area contributed by atoms with Gasteiger partial charge in [0.1, 0.15) is 0 Å². The van der Waals surface area contributed by atoms with E-state index in [0.717, 1.165) is 38.4 Å². The molecule has 0 aromatic heterocycles. The summed E-state index contributed by atoms with van der Waals surface area (Å²) in [6, 6.07) is 10.1. The Morgan fingerprint density at radius 2 is 2.04 bits per heavy atom. The minimum atomic E-state index is -0.00831. The van der Waals surface area contributed by atoms with E-state index < -0.39 is 0 Å². The molecule has 1 aromatic carbocycles. The smallest absolute Gasteiger partial charge is 0.234 e. The number of amides is 1. The van der Waals surface area contributed by atoms with Gasteiger partial charge in [-0.2, -0.15) is 0 Å². The molecule has 6 heteroatoms. The Labute approximate surface area is 138 Å². The predicted molar refractivity (Wildman–Crippen MR) is 89.3 cm³/mol. The van der Waals surface area contributed by atoms with Gasteiger partial charge in [-0.3, -0.25) is 9.69 Å². The van der Waals surface area contributed by atoms with Crippen molar-refractivity contribution in [3.63, 3.8) is 0 Å². The van der Waals surface area contributed by atoms with E-state index in [9.17, 15) is 4.79 Å². The Bertz CT molecular complexity index is 450. The molecule has 0 aliphatic carbocycles. The molecule has 23 heavy (non-hydrogen) atoms. The highest BCUT2D eigenvalue weighted by atomic mass is 16.5. The first-order chi connectivity index (χ1) is 11.3. The topological polar surface area (TPSA) is 62.8 Å². The van der Waals surface area contributed by atoms with Gasteiger partial charge in [0, 0.05) is 33.3 Å². The second-order valence-electron chi connectivity index (χ2n) is 5.61. The highest BCUT2D eigenvalue weighted by Crippen LogP contribution is 2.15. The summed E-state index contributed by atoms with van der Waals surface area (Å²) >= 11 is 0. The Hall–Kier alpha value is -1.47. The number of rotatable bonds is 9. The van der Waals surface area contributed by atoms with Crippen molar-refractivity contribution in [3.05, 3.63) is 35.9 Å². The first-order valence-electron chi connectivity index (χ1n) is 8.13. The number of nitrogens with one attached hydrogen (secondary N) is 2. The van der Waals surface area contributed by atoms with E-state index in [0.29, 0.717) is 19.7 Å². The van der Waals surface area contributed by atoms with E-state index in [1.807, 2.05) is 18.2 Å². The van der Waals surface area contributed by atoms with Crippen LogP contribution in [0.4, 0.5) is 0 Å². The molecular formula is C17H27N3O3. The zero-order chi connectivity index (χ0) is 16.3. The van der Waals surface area contributed by atoms with Gasteiger partial charge in [-0.25, -0.2) is 0 Å². The molecular weight excluding hydrogens is 294 g/mol. The number of methoxy groups -OCH3 is 1. The molecule has 2 rings (SSSR count). The summed E-state index contributed by atoms with van der Waals surface area (Å²) in [5, 5.41) is 6.21. The first-order valence-corrected chi connectivity index (χ1v) is 8.13. The summed E-state index contributed by atoms with van der Waals surface area (Å²) in [4.78, 5) is 14.5. The molecule has 128 valence electrons. The molecule has 1 aromatic rings. The zero-order valence-electron chi connectivity index (χ0n) is 13.8. The summed E-state index contributed by atoms with van der Waals surface area (Å²) in [5.41, 5.74) is 1.13. The highest BCUT2D eigenvalue weighted by molar-refractivity contribution is 5.78. The SMILES string of the molecule is COCCNCC(=O)NC(CN1CCOCC1)c1ccccc1. The molecule has 1 unspecified atom stereocenters. The maximum Gasteiger partial charge on any atom is 0.234 e. The Kier molecular flexibility index (Phi) is 8.03. The average molecular weight is 321 g/mol. The maximum atomic E-state index is 12.2. The van der Waals surface area contributed by atoms with Crippen molar-refractivity contribution in [2.75, 3.05) is 59.7 Å². The van der Waals surface area contributed by atoms with Crippen LogP contribution in [-0.2, 0) is 14.3 Å². The zero-order valence-corrected chi connectivity index (χ0v) is 13.8. The number of nitrogens with zero attached hydrogens (tertiary/aromatic N) is 1. The number of carbonyl (C=O) groups excluding carboxylic acids is 1. The van der Waals surface area contributed by atoms with Gasteiger partial charge in [-0.1, -0.05) is 30.3 Å². The lowest BCUT2D eigenvalue weighted by Crippen LogP contribution is -2.45. The molecule has 1 aliphatic heterocycles. The first kappa shape index (κ1) is 17.9. The van der Waals surface area contributed by atoms with Crippen molar-refractivity contribution in [1.82, 2.24) is 15.5 Å². The molecule has 1 saturated heterocycles. The molecule has 1 amide bonds. The van der Waals surface area contributed by atoms with Crippen LogP contribution in [0.15, 0.2) is 30.3 Å². The van der Waals surface area contributed by atoms with Gasteiger partial charge in [0.15, 0.2) is 0 Å². The summed E-state index contributed by atoms with van der Waals surface area (Å²) in [5.74, 6) is 0.00298. The van der Waals surface area contributed by atoms with E-state index in [1.165, 1.54) is 0 Å². The number of carbonyl (C=O) groups is 1. The van der Waals surface area contributed by atoms with Crippen molar-refractivity contribution in [1.29, 1.82) is 0 Å². The summed E-state index contributed by atoms with van der Waals surface area (Å²) in [6.07, 6.45) is 0. The lowest BCUT2D eigenvalue weighted by Gasteiger charge is -2.31. The quantitative estimate of drug-likeness (QED) is 0.645. The van der Waals surface area contributed by atoms with E-state index in [2.05, 4.69) is 27.7 Å². The fraction of sp³-hybridized carbons (Fsp3) is 0.588. The number of hydrogen-bond acceptors (Lipinski definition) is 5. The van der Waals surface area contributed by atoms with E-state index in [4.69, 9.17) is 9.47 Å². The number of hydrogen-bond donors (Lipinski definition) is 2. The standard InChI is InChI=1S/C17H27N3O3/c1-22-10-7-18-13-17(21)19-16(15-5-3-2-4-6-15)14-20-8-11-23-12-9-20/h2-6,16,18H,7-14H2,1H3,(H,19,21). The Morgan fingerprint density at radius 1 is 1.30 bits per heavy atom. The van der Waals surface area contributed by atoms with Crippen molar-refractivity contribution >= 4 is 5.91 Å². The van der Waals surface area contributed by atoms with E-state index in [-0.39, 0.29) is 11.9 Å². The monoisotopic (exact) mass is 321 g/mol. The number of benzene rings is 1. The third-order valence-electron chi connectivity index (χ3n) is 3.85. The van der Waals surface area contributed by atoms with Crippen molar-refractivity contribution in [2.45, 2.75) is 6.04 Å². The Balaban J connectivity index is 1.89. The van der Waals surface area contributed by atoms with Crippen LogP contribution in [-0.4, -0.2) is 70.5 Å². The summed E-state index contributed by atoms with van der Waals surface area (Å²) < 4.78 is 10.4. The van der Waals surface area contributed by atoms with Crippen molar-refractivity contribution in [2.24, 2.45) is 0 Å².